The first-order valence-electron chi connectivity index (χ1n) is 14.2. The highest BCUT2D eigenvalue weighted by molar-refractivity contribution is 6.26. The van der Waals surface area contributed by atoms with Crippen molar-refractivity contribution in [3.05, 3.63) is 75.0 Å². The standard InChI is InChI=1S/C32H30N4O8/c1-14-26(37)17-11-20-25-24-18(27(38)15(2)31(43-5)29(24)40)10-19(35(25)3)21(12-33)36(20)22(23(17)28(39)30(14)42-4)13-44-32(41)16-6-8-34-9-7-16/h6-9,19-22,25H,10-11,13H2,1-5H3/t19-,20-,21-,22-,25-/m0/s1. The minimum atomic E-state index is -1.01. The van der Waals surface area contributed by atoms with Crippen LogP contribution in [0.3, 0.4) is 0 Å². The van der Waals surface area contributed by atoms with Crippen LogP contribution in [-0.2, 0) is 33.4 Å². The van der Waals surface area contributed by atoms with Crippen molar-refractivity contribution >= 4 is 29.1 Å². The Labute approximate surface area is 253 Å². The first-order chi connectivity index (χ1) is 21.1. The number of methoxy groups -OCH3 is 2. The maximum Gasteiger partial charge on any atom is 0.338 e. The van der Waals surface area contributed by atoms with Crippen LogP contribution >= 0.6 is 0 Å². The Kier molecular flexibility index (Phi) is 7.18. The third kappa shape index (κ3) is 4.03. The van der Waals surface area contributed by atoms with Gasteiger partial charge in [0.2, 0.25) is 11.6 Å². The van der Waals surface area contributed by atoms with Crippen LogP contribution in [0.15, 0.2) is 69.5 Å². The van der Waals surface area contributed by atoms with Gasteiger partial charge in [0.25, 0.3) is 0 Å². The zero-order valence-electron chi connectivity index (χ0n) is 24.9. The van der Waals surface area contributed by atoms with Gasteiger partial charge in [-0.3, -0.25) is 34.0 Å². The van der Waals surface area contributed by atoms with Gasteiger partial charge >= 0.3 is 5.97 Å². The van der Waals surface area contributed by atoms with E-state index in [9.17, 15) is 29.2 Å². The number of aromatic nitrogens is 1. The van der Waals surface area contributed by atoms with Crippen LogP contribution in [0.1, 0.15) is 37.0 Å². The molecule has 226 valence electrons. The molecule has 1 aromatic heterocycles. The number of rotatable bonds is 5. The predicted octanol–water partition coefficient (Wildman–Crippen LogP) is 1.40. The molecule has 0 amide bonds. The van der Waals surface area contributed by atoms with Crippen LogP contribution in [-0.4, -0.2) is 102 Å². The molecule has 1 aromatic rings. The number of ketones is 4. The Morgan fingerprint density at radius 3 is 2.02 bits per heavy atom. The van der Waals surface area contributed by atoms with Gasteiger partial charge in [-0.25, -0.2) is 4.79 Å². The van der Waals surface area contributed by atoms with E-state index in [1.54, 1.807) is 18.9 Å². The molecule has 1 fully saturated rings. The lowest BCUT2D eigenvalue weighted by Gasteiger charge is -2.60. The number of hydrogen-bond acceptors (Lipinski definition) is 12. The summed E-state index contributed by atoms with van der Waals surface area (Å²) in [4.78, 5) is 75.7. The SMILES string of the molecule is COC1=C(C)C(=O)C2=C(C1=O)[C@@H]1[C@@H]3CC4=C(C(=O)C(OC)=C(C)C4=O)[C@H](COC(=O)c4ccncc4)N3[C@@H](C#N)[C@H](C2)N1C. The molecule has 1 saturated heterocycles. The van der Waals surface area contributed by atoms with Crippen LogP contribution in [0.2, 0.25) is 0 Å². The Morgan fingerprint density at radius 1 is 0.909 bits per heavy atom. The molecule has 12 heteroatoms. The fourth-order valence-corrected chi connectivity index (χ4v) is 7.50. The average Bonchev–Trinajstić information content (AvgIpc) is 3.02. The Morgan fingerprint density at radius 2 is 1.45 bits per heavy atom. The van der Waals surface area contributed by atoms with Gasteiger partial charge in [-0.15, -0.1) is 0 Å². The normalized spacial score (nSPS) is 28.9. The lowest BCUT2D eigenvalue weighted by atomic mass is 9.67. The second-order valence-electron chi connectivity index (χ2n) is 11.4. The first-order valence-corrected chi connectivity index (χ1v) is 14.2. The monoisotopic (exact) mass is 598 g/mol. The molecule has 0 saturated carbocycles. The third-order valence-corrected chi connectivity index (χ3v) is 9.50. The molecule has 0 radical (unpaired) electrons. The summed E-state index contributed by atoms with van der Waals surface area (Å²) in [5, 5.41) is 10.6. The highest BCUT2D eigenvalue weighted by Crippen LogP contribution is 2.49. The van der Waals surface area contributed by atoms with E-state index in [1.807, 2.05) is 4.90 Å². The number of esters is 1. The van der Waals surface area contributed by atoms with Crippen LogP contribution in [0, 0.1) is 11.3 Å². The van der Waals surface area contributed by atoms with Gasteiger partial charge in [-0.2, -0.15) is 5.26 Å². The lowest BCUT2D eigenvalue weighted by molar-refractivity contribution is -0.126. The predicted molar refractivity (Wildman–Crippen MR) is 151 cm³/mol. The average molecular weight is 599 g/mol. The van der Waals surface area contributed by atoms with Gasteiger partial charge in [-0.1, -0.05) is 0 Å². The fourth-order valence-electron chi connectivity index (χ4n) is 7.50. The number of carbonyl (C=O) groups is 5. The van der Waals surface area contributed by atoms with Crippen molar-refractivity contribution in [3.8, 4) is 6.07 Å². The second-order valence-corrected chi connectivity index (χ2v) is 11.4. The van der Waals surface area contributed by atoms with Gasteiger partial charge in [-0.05, 0) is 45.9 Å². The molecule has 0 spiro atoms. The van der Waals surface area contributed by atoms with Crippen molar-refractivity contribution in [2.75, 3.05) is 27.9 Å². The first kappa shape index (κ1) is 29.3. The highest BCUT2D eigenvalue weighted by Gasteiger charge is 2.60. The number of likely N-dealkylation sites (N-methyl/N-ethyl adjacent to an activating group) is 1. The summed E-state index contributed by atoms with van der Waals surface area (Å²) >= 11 is 0. The molecule has 0 unspecified atom stereocenters. The molecule has 6 rings (SSSR count). The lowest BCUT2D eigenvalue weighted by Crippen LogP contribution is -2.74. The van der Waals surface area contributed by atoms with E-state index in [2.05, 4.69) is 11.1 Å². The van der Waals surface area contributed by atoms with E-state index in [-0.39, 0.29) is 70.2 Å². The highest BCUT2D eigenvalue weighted by atomic mass is 16.5. The maximum absolute atomic E-state index is 13.9. The smallest absolute Gasteiger partial charge is 0.338 e. The number of piperazine rings is 1. The Bertz CT molecular complexity index is 1710. The fraction of sp³-hybridized carbons (Fsp3) is 0.406. The number of ether oxygens (including phenoxy) is 3. The van der Waals surface area contributed by atoms with Gasteiger partial charge in [0, 0.05) is 57.9 Å². The van der Waals surface area contributed by atoms with E-state index >= 15 is 0 Å². The van der Waals surface area contributed by atoms with Crippen molar-refractivity contribution < 1.29 is 38.2 Å². The van der Waals surface area contributed by atoms with E-state index < -0.39 is 53.5 Å². The number of nitriles is 1. The van der Waals surface area contributed by atoms with Gasteiger partial charge in [0.1, 0.15) is 12.6 Å². The van der Waals surface area contributed by atoms with Crippen LogP contribution in [0.4, 0.5) is 0 Å². The van der Waals surface area contributed by atoms with Gasteiger partial charge in [0.15, 0.2) is 23.1 Å². The maximum atomic E-state index is 13.9. The molecular weight excluding hydrogens is 568 g/mol. The van der Waals surface area contributed by atoms with E-state index in [4.69, 9.17) is 14.2 Å². The van der Waals surface area contributed by atoms with Crippen molar-refractivity contribution in [2.24, 2.45) is 0 Å². The van der Waals surface area contributed by atoms with Crippen molar-refractivity contribution in [1.82, 2.24) is 14.8 Å². The molecule has 0 N–H and O–H groups in total. The molecule has 44 heavy (non-hydrogen) atoms. The molecule has 5 atom stereocenters. The number of hydrogen-bond donors (Lipinski definition) is 0. The molecule has 0 aromatic carbocycles. The summed E-state index contributed by atoms with van der Waals surface area (Å²) in [6.45, 7) is 2.70. The Balaban J connectivity index is 1.51. The molecule has 2 aliphatic carbocycles. The van der Waals surface area contributed by atoms with Crippen molar-refractivity contribution in [1.29, 1.82) is 5.26 Å². The van der Waals surface area contributed by atoms with Crippen LogP contribution < -0.4 is 0 Å². The molecule has 2 bridgehead atoms. The molecule has 3 aliphatic heterocycles. The summed E-state index contributed by atoms with van der Waals surface area (Å²) in [6.07, 6.45) is 3.03. The zero-order chi connectivity index (χ0) is 31.6. The minimum Gasteiger partial charge on any atom is -0.492 e. The van der Waals surface area contributed by atoms with Crippen molar-refractivity contribution in [3.63, 3.8) is 0 Å². The third-order valence-electron chi connectivity index (χ3n) is 9.50. The number of pyridine rings is 1. The second kappa shape index (κ2) is 10.8. The van der Waals surface area contributed by atoms with E-state index in [0.29, 0.717) is 5.57 Å². The zero-order valence-corrected chi connectivity index (χ0v) is 24.9. The number of nitrogens with zero attached hydrogens (tertiary/aromatic N) is 4. The molecule has 4 heterocycles. The summed E-state index contributed by atoms with van der Waals surface area (Å²) in [7, 11) is 4.44. The van der Waals surface area contributed by atoms with Crippen molar-refractivity contribution in [2.45, 2.75) is 56.9 Å². The van der Waals surface area contributed by atoms with E-state index in [1.165, 1.54) is 45.7 Å². The number of allylic oxidation sites excluding steroid dienone is 4. The summed E-state index contributed by atoms with van der Waals surface area (Å²) in [5.41, 5.74) is 1.51. The molecule has 5 aliphatic rings. The summed E-state index contributed by atoms with van der Waals surface area (Å²) in [6, 6.07) is 1.49. The topological polar surface area (TPSA) is 156 Å². The summed E-state index contributed by atoms with van der Waals surface area (Å²) in [5.74, 6) is -2.47. The molecular formula is C32H30N4O8. The number of carbonyl (C=O) groups excluding carboxylic acids is 5. The minimum absolute atomic E-state index is 0.0201. The van der Waals surface area contributed by atoms with Gasteiger partial charge in [0.05, 0.1) is 37.9 Å². The quantitative estimate of drug-likeness (QED) is 0.355. The Hall–Kier alpha value is -4.73. The van der Waals surface area contributed by atoms with E-state index in [0.717, 1.165) is 0 Å². The van der Waals surface area contributed by atoms with Crippen LogP contribution in [0.5, 0.6) is 0 Å². The number of fused-ring (bicyclic) bond motifs is 5. The summed E-state index contributed by atoms with van der Waals surface area (Å²) < 4.78 is 16.5. The number of Topliss-reactive ketones (excluding diaryl/α,β-unsaturated/α-hetero) is 4. The van der Waals surface area contributed by atoms with Gasteiger partial charge < -0.3 is 14.2 Å². The molecule has 12 nitrogen and oxygen atoms in total. The largest absolute Gasteiger partial charge is 0.492 e. The van der Waals surface area contributed by atoms with Crippen LogP contribution in [0.25, 0.3) is 0 Å².